The van der Waals surface area contributed by atoms with E-state index in [4.69, 9.17) is 4.74 Å². The maximum absolute atomic E-state index is 5.55. The fraction of sp³-hybridized carbons (Fsp3) is 0.739. The van der Waals surface area contributed by atoms with Crippen molar-refractivity contribution in [2.45, 2.75) is 77.0 Å². The minimum Gasteiger partial charge on any atom is -0.497 e. The molecule has 1 nitrogen and oxygen atoms in total. The van der Waals surface area contributed by atoms with Crippen molar-refractivity contribution in [2.24, 2.45) is 22.7 Å². The summed E-state index contributed by atoms with van der Waals surface area (Å²) in [5.41, 5.74) is 4.40. The van der Waals surface area contributed by atoms with Gasteiger partial charge in [0.1, 0.15) is 5.75 Å². The third-order valence-electron chi connectivity index (χ3n) is 8.28. The number of hydrogen-bond acceptors (Lipinski definition) is 2. The summed E-state index contributed by atoms with van der Waals surface area (Å²) >= 11 is 2.09. The molecule has 0 bridgehead atoms. The van der Waals surface area contributed by atoms with Gasteiger partial charge in [0.25, 0.3) is 0 Å². The lowest BCUT2D eigenvalue weighted by atomic mass is 9.42. The van der Waals surface area contributed by atoms with Crippen LogP contribution >= 0.6 is 11.8 Å². The molecule has 2 aliphatic carbocycles. The Morgan fingerprint density at radius 3 is 2.52 bits per heavy atom. The first-order valence-electron chi connectivity index (χ1n) is 10.0. The zero-order chi connectivity index (χ0) is 18.0. The number of rotatable bonds is 1. The van der Waals surface area contributed by atoms with Gasteiger partial charge in [-0.05, 0) is 83.9 Å². The van der Waals surface area contributed by atoms with Gasteiger partial charge in [-0.2, -0.15) is 0 Å². The highest BCUT2D eigenvalue weighted by molar-refractivity contribution is 7.99. The summed E-state index contributed by atoms with van der Waals surface area (Å²) in [6, 6.07) is 4.54. The van der Waals surface area contributed by atoms with Crippen LogP contribution < -0.4 is 4.74 Å². The third-order valence-corrected chi connectivity index (χ3v) is 9.41. The Morgan fingerprint density at radius 2 is 1.80 bits per heavy atom. The van der Waals surface area contributed by atoms with Crippen molar-refractivity contribution in [3.8, 4) is 5.75 Å². The third kappa shape index (κ3) is 2.42. The van der Waals surface area contributed by atoms with E-state index in [1.807, 2.05) is 0 Å². The highest BCUT2D eigenvalue weighted by Crippen LogP contribution is 2.67. The van der Waals surface area contributed by atoms with E-state index in [0.29, 0.717) is 16.2 Å². The Bertz CT molecular complexity index is 694. The van der Waals surface area contributed by atoms with Gasteiger partial charge in [-0.3, -0.25) is 0 Å². The number of hydrogen-bond donors (Lipinski definition) is 0. The molecule has 0 radical (unpaired) electrons. The Morgan fingerprint density at radius 1 is 1.04 bits per heavy atom. The molecule has 2 fully saturated rings. The average molecular weight is 359 g/mol. The van der Waals surface area contributed by atoms with E-state index in [1.54, 1.807) is 12.7 Å². The lowest BCUT2D eigenvalue weighted by Gasteiger charge is -2.64. The first-order valence-corrected chi connectivity index (χ1v) is 11.0. The number of thioether (sulfide) groups is 1. The lowest BCUT2D eigenvalue weighted by molar-refractivity contribution is -0.0974. The van der Waals surface area contributed by atoms with Crippen LogP contribution in [-0.2, 0) is 5.41 Å². The van der Waals surface area contributed by atoms with Gasteiger partial charge in [-0.25, -0.2) is 0 Å². The van der Waals surface area contributed by atoms with E-state index >= 15 is 0 Å². The monoisotopic (exact) mass is 358 g/mol. The molecular formula is C23H34OS. The van der Waals surface area contributed by atoms with Crippen molar-refractivity contribution in [1.82, 2.24) is 0 Å². The molecule has 2 saturated carbocycles. The van der Waals surface area contributed by atoms with E-state index in [1.165, 1.54) is 48.3 Å². The molecule has 0 aromatic heterocycles. The maximum Gasteiger partial charge on any atom is 0.120 e. The van der Waals surface area contributed by atoms with Crippen LogP contribution in [0.25, 0.3) is 0 Å². The van der Waals surface area contributed by atoms with Crippen molar-refractivity contribution >= 4 is 11.8 Å². The van der Waals surface area contributed by atoms with Crippen LogP contribution in [0.2, 0.25) is 0 Å². The van der Waals surface area contributed by atoms with E-state index < -0.39 is 0 Å². The Balaban J connectivity index is 1.82. The molecule has 4 unspecified atom stereocenters. The summed E-state index contributed by atoms with van der Waals surface area (Å²) in [6.07, 6.45) is 6.99. The molecule has 0 amide bonds. The summed E-state index contributed by atoms with van der Waals surface area (Å²) in [6.45, 7) is 12.6. The fourth-order valence-electron chi connectivity index (χ4n) is 7.18. The van der Waals surface area contributed by atoms with Crippen molar-refractivity contribution in [1.29, 1.82) is 0 Å². The van der Waals surface area contributed by atoms with Crippen molar-refractivity contribution < 1.29 is 4.74 Å². The quantitative estimate of drug-likeness (QED) is 0.558. The summed E-state index contributed by atoms with van der Waals surface area (Å²) in [4.78, 5) is 1.48. The largest absolute Gasteiger partial charge is 0.497 e. The summed E-state index contributed by atoms with van der Waals surface area (Å²) in [7, 11) is 1.79. The zero-order valence-electron chi connectivity index (χ0n) is 16.9. The highest BCUT2D eigenvalue weighted by atomic mass is 32.2. The van der Waals surface area contributed by atoms with Gasteiger partial charge < -0.3 is 4.74 Å². The summed E-state index contributed by atoms with van der Waals surface area (Å²) in [5.74, 6) is 3.97. The van der Waals surface area contributed by atoms with Crippen LogP contribution in [0.4, 0.5) is 0 Å². The molecule has 4 atom stereocenters. The molecule has 138 valence electrons. The second-order valence-electron chi connectivity index (χ2n) is 10.0. The SMILES string of the molecule is COc1cc(C)c2c(c1)SCC1C2(C)CCC2C(C)(C)CCCC21C. The van der Waals surface area contributed by atoms with E-state index in [2.05, 4.69) is 58.5 Å². The van der Waals surface area contributed by atoms with E-state index in [-0.39, 0.29) is 0 Å². The molecule has 1 aliphatic heterocycles. The van der Waals surface area contributed by atoms with Gasteiger partial charge in [0.2, 0.25) is 0 Å². The molecule has 0 saturated heterocycles. The highest BCUT2D eigenvalue weighted by Gasteiger charge is 2.60. The van der Waals surface area contributed by atoms with Crippen LogP contribution in [-0.4, -0.2) is 12.9 Å². The van der Waals surface area contributed by atoms with Gasteiger partial charge in [0, 0.05) is 10.6 Å². The zero-order valence-corrected chi connectivity index (χ0v) is 17.7. The molecule has 1 heterocycles. The molecule has 0 N–H and O–H groups in total. The second kappa shape index (κ2) is 5.68. The number of fused-ring (bicyclic) bond motifs is 5. The minimum atomic E-state index is 0.329. The molecule has 0 spiro atoms. The smallest absolute Gasteiger partial charge is 0.120 e. The van der Waals surface area contributed by atoms with Crippen LogP contribution in [0.1, 0.15) is 70.9 Å². The van der Waals surface area contributed by atoms with Gasteiger partial charge in [0.05, 0.1) is 7.11 Å². The number of methoxy groups -OCH3 is 1. The second-order valence-corrected chi connectivity index (χ2v) is 11.1. The summed E-state index contributed by atoms with van der Waals surface area (Å²) in [5, 5.41) is 0. The normalized spacial score (nSPS) is 39.1. The Labute approximate surface area is 158 Å². The number of ether oxygens (including phenoxy) is 1. The molecule has 25 heavy (non-hydrogen) atoms. The molecule has 2 heteroatoms. The predicted octanol–water partition coefficient (Wildman–Crippen LogP) is 6.61. The Hall–Kier alpha value is -0.630. The van der Waals surface area contributed by atoms with E-state index in [9.17, 15) is 0 Å². The fourth-order valence-corrected chi connectivity index (χ4v) is 9.02. The first-order chi connectivity index (χ1) is 11.7. The summed E-state index contributed by atoms with van der Waals surface area (Å²) < 4.78 is 5.55. The van der Waals surface area contributed by atoms with Gasteiger partial charge in [-0.1, -0.05) is 34.1 Å². The predicted molar refractivity (Wildman–Crippen MR) is 108 cm³/mol. The number of aryl methyl sites for hydroxylation is 1. The van der Waals surface area contributed by atoms with Gasteiger partial charge in [0.15, 0.2) is 0 Å². The topological polar surface area (TPSA) is 9.23 Å². The molecule has 3 aliphatic rings. The van der Waals surface area contributed by atoms with Crippen LogP contribution in [0, 0.1) is 29.6 Å². The average Bonchev–Trinajstić information content (AvgIpc) is 2.52. The van der Waals surface area contributed by atoms with Crippen molar-refractivity contribution in [3.63, 3.8) is 0 Å². The van der Waals surface area contributed by atoms with Gasteiger partial charge >= 0.3 is 0 Å². The first kappa shape index (κ1) is 17.8. The van der Waals surface area contributed by atoms with E-state index in [0.717, 1.165) is 17.6 Å². The molecule has 1 aromatic rings. The van der Waals surface area contributed by atoms with Crippen molar-refractivity contribution in [3.05, 3.63) is 23.3 Å². The molecular weight excluding hydrogens is 324 g/mol. The van der Waals surface area contributed by atoms with Crippen molar-refractivity contribution in [2.75, 3.05) is 12.9 Å². The Kier molecular flexibility index (Phi) is 4.04. The molecule has 1 aromatic carbocycles. The van der Waals surface area contributed by atoms with Gasteiger partial charge in [-0.15, -0.1) is 11.8 Å². The maximum atomic E-state index is 5.55. The standard InChI is InChI=1S/C23H34OS/c1-15-12-16(24-6)13-17-20(15)23(5)11-8-18-21(2,3)9-7-10-22(18,4)19(23)14-25-17/h12-13,18-19H,7-11,14H2,1-6H3. The van der Waals surface area contributed by atoms with Crippen LogP contribution in [0.3, 0.4) is 0 Å². The minimum absolute atomic E-state index is 0.329. The van der Waals surface area contributed by atoms with Crippen LogP contribution in [0.15, 0.2) is 17.0 Å². The van der Waals surface area contributed by atoms with Crippen LogP contribution in [0.5, 0.6) is 5.75 Å². The molecule has 4 rings (SSSR count). The number of benzene rings is 1. The lowest BCUT2D eigenvalue weighted by Crippen LogP contribution is -2.58.